The number of benzene rings is 1. The van der Waals surface area contributed by atoms with Gasteiger partial charge in [0.05, 0.1) is 6.26 Å². The Morgan fingerprint density at radius 1 is 1.12 bits per heavy atom. The number of hydrogen-bond donors (Lipinski definition) is 3. The molecule has 140 valence electrons. The lowest BCUT2D eigenvalue weighted by Gasteiger charge is -2.21. The van der Waals surface area contributed by atoms with Crippen molar-refractivity contribution in [1.82, 2.24) is 10.6 Å². The summed E-state index contributed by atoms with van der Waals surface area (Å²) in [5.74, 6) is 0.574. The molecule has 1 saturated heterocycles. The first-order chi connectivity index (χ1) is 12.2. The van der Waals surface area contributed by atoms with Crippen LogP contribution in [0.5, 0.6) is 0 Å². The molecule has 0 bridgehead atoms. The van der Waals surface area contributed by atoms with Gasteiger partial charge in [-0.3, -0.25) is 9.59 Å². The molecule has 0 unspecified atom stereocenters. The zero-order valence-corrected chi connectivity index (χ0v) is 15.3. The fourth-order valence-electron chi connectivity index (χ4n) is 2.93. The molecule has 2 amide bonds. The Labute approximate surface area is 159 Å². The summed E-state index contributed by atoms with van der Waals surface area (Å²) in [5.41, 5.74) is 1.68. The lowest BCUT2D eigenvalue weighted by molar-refractivity contribution is -0.122. The number of piperidine rings is 1. The molecule has 1 fully saturated rings. The second-order valence-electron chi connectivity index (χ2n) is 6.30. The summed E-state index contributed by atoms with van der Waals surface area (Å²) in [6.07, 6.45) is 4.19. The lowest BCUT2D eigenvalue weighted by atomic mass is 9.94. The maximum Gasteiger partial charge on any atom is 0.291 e. The molecular weight excluding hydrogens is 354 g/mol. The highest BCUT2D eigenvalue weighted by Gasteiger charge is 2.16. The largest absolute Gasteiger partial charge is 0.459 e. The number of amides is 2. The van der Waals surface area contributed by atoms with E-state index in [9.17, 15) is 9.59 Å². The highest BCUT2D eigenvalue weighted by molar-refractivity contribution is 6.02. The van der Waals surface area contributed by atoms with Gasteiger partial charge in [-0.1, -0.05) is 12.1 Å². The molecule has 1 aliphatic heterocycles. The van der Waals surface area contributed by atoms with Crippen molar-refractivity contribution in [2.24, 2.45) is 5.92 Å². The second kappa shape index (κ2) is 9.99. The van der Waals surface area contributed by atoms with Crippen molar-refractivity contribution < 1.29 is 14.0 Å². The standard InChI is InChI=1S/C19H23N3O3.ClH/c23-18(12-14-7-9-20-10-8-14)21-13-15-3-5-16(6-4-15)22-19(24)17-2-1-11-25-17;/h1-6,11,14,20H,7-10,12-13H2,(H,21,23)(H,22,24);1H. The topological polar surface area (TPSA) is 83.4 Å². The number of anilines is 1. The second-order valence-corrected chi connectivity index (χ2v) is 6.30. The number of furan rings is 1. The molecule has 0 aliphatic carbocycles. The molecule has 2 aromatic rings. The zero-order chi connectivity index (χ0) is 17.5. The van der Waals surface area contributed by atoms with Crippen LogP contribution in [0, 0.1) is 5.92 Å². The van der Waals surface area contributed by atoms with E-state index in [2.05, 4.69) is 16.0 Å². The van der Waals surface area contributed by atoms with E-state index < -0.39 is 0 Å². The Morgan fingerprint density at radius 3 is 2.50 bits per heavy atom. The molecule has 6 nitrogen and oxygen atoms in total. The first kappa shape index (κ1) is 20.0. The number of carbonyl (C=O) groups excluding carboxylic acids is 2. The van der Waals surface area contributed by atoms with E-state index in [1.165, 1.54) is 6.26 Å². The number of carbonyl (C=O) groups is 2. The van der Waals surface area contributed by atoms with Gasteiger partial charge in [0.1, 0.15) is 0 Å². The van der Waals surface area contributed by atoms with Gasteiger partial charge in [0.25, 0.3) is 5.91 Å². The van der Waals surface area contributed by atoms with E-state index in [-0.39, 0.29) is 30.0 Å². The molecule has 1 aromatic carbocycles. The van der Waals surface area contributed by atoms with Gasteiger partial charge in [-0.2, -0.15) is 0 Å². The fraction of sp³-hybridized carbons (Fsp3) is 0.368. The van der Waals surface area contributed by atoms with Gasteiger partial charge in [0.15, 0.2) is 5.76 Å². The SMILES string of the molecule is Cl.O=C(CC1CCNCC1)NCc1ccc(NC(=O)c2ccco2)cc1. The molecule has 1 aliphatic rings. The summed E-state index contributed by atoms with van der Waals surface area (Å²) < 4.78 is 5.05. The Hall–Kier alpha value is -2.31. The summed E-state index contributed by atoms with van der Waals surface area (Å²) in [6.45, 7) is 2.50. The Morgan fingerprint density at radius 2 is 1.85 bits per heavy atom. The van der Waals surface area contributed by atoms with Crippen LogP contribution in [0.3, 0.4) is 0 Å². The highest BCUT2D eigenvalue weighted by atomic mass is 35.5. The van der Waals surface area contributed by atoms with Gasteiger partial charge in [-0.25, -0.2) is 0 Å². The maximum atomic E-state index is 12.0. The molecule has 3 N–H and O–H groups in total. The Kier molecular flexibility index (Phi) is 7.69. The monoisotopic (exact) mass is 377 g/mol. The van der Waals surface area contributed by atoms with E-state index in [1.54, 1.807) is 12.1 Å². The zero-order valence-electron chi connectivity index (χ0n) is 14.5. The summed E-state index contributed by atoms with van der Waals surface area (Å²) in [7, 11) is 0. The molecule has 2 heterocycles. The van der Waals surface area contributed by atoms with Crippen LogP contribution < -0.4 is 16.0 Å². The van der Waals surface area contributed by atoms with Crippen molar-refractivity contribution in [2.75, 3.05) is 18.4 Å². The molecule has 0 spiro atoms. The quantitative estimate of drug-likeness (QED) is 0.722. The minimum Gasteiger partial charge on any atom is -0.459 e. The van der Waals surface area contributed by atoms with Gasteiger partial charge in [0.2, 0.25) is 5.91 Å². The van der Waals surface area contributed by atoms with E-state index in [0.717, 1.165) is 31.5 Å². The van der Waals surface area contributed by atoms with E-state index in [0.29, 0.717) is 24.6 Å². The van der Waals surface area contributed by atoms with Crippen LogP contribution in [0.4, 0.5) is 5.69 Å². The molecule has 26 heavy (non-hydrogen) atoms. The molecule has 7 heteroatoms. The number of hydrogen-bond acceptors (Lipinski definition) is 4. The Bertz CT molecular complexity index is 695. The van der Waals surface area contributed by atoms with Crippen molar-refractivity contribution in [3.8, 4) is 0 Å². The molecule has 0 radical (unpaired) electrons. The average Bonchev–Trinajstić information content (AvgIpc) is 3.17. The normalized spacial score (nSPS) is 14.3. The average molecular weight is 378 g/mol. The van der Waals surface area contributed by atoms with Gasteiger partial charge in [-0.15, -0.1) is 12.4 Å². The van der Waals surface area contributed by atoms with Crippen LogP contribution in [-0.2, 0) is 11.3 Å². The summed E-state index contributed by atoms with van der Waals surface area (Å²) >= 11 is 0. The van der Waals surface area contributed by atoms with Crippen molar-refractivity contribution in [1.29, 1.82) is 0 Å². The molecule has 0 atom stereocenters. The lowest BCUT2D eigenvalue weighted by Crippen LogP contribution is -2.32. The summed E-state index contributed by atoms with van der Waals surface area (Å²) in [5, 5.41) is 9.04. The third-order valence-corrected chi connectivity index (χ3v) is 4.38. The van der Waals surface area contributed by atoms with Crippen molar-refractivity contribution >= 4 is 29.9 Å². The van der Waals surface area contributed by atoms with E-state index in [4.69, 9.17) is 4.42 Å². The van der Waals surface area contributed by atoms with Crippen LogP contribution >= 0.6 is 12.4 Å². The summed E-state index contributed by atoms with van der Waals surface area (Å²) in [4.78, 5) is 23.9. The Balaban J connectivity index is 0.00000243. The number of halogens is 1. The summed E-state index contributed by atoms with van der Waals surface area (Å²) in [6, 6.07) is 10.7. The highest BCUT2D eigenvalue weighted by Crippen LogP contribution is 2.16. The van der Waals surface area contributed by atoms with E-state index in [1.807, 2.05) is 24.3 Å². The van der Waals surface area contributed by atoms with Gasteiger partial charge in [-0.05, 0) is 61.7 Å². The predicted octanol–water partition coefficient (Wildman–Crippen LogP) is 2.96. The molecular formula is C19H24ClN3O3. The van der Waals surface area contributed by atoms with Crippen molar-refractivity contribution in [3.63, 3.8) is 0 Å². The minimum absolute atomic E-state index is 0. The van der Waals surface area contributed by atoms with Gasteiger partial charge < -0.3 is 20.4 Å². The number of nitrogens with one attached hydrogen (secondary N) is 3. The van der Waals surface area contributed by atoms with Crippen LogP contribution in [-0.4, -0.2) is 24.9 Å². The van der Waals surface area contributed by atoms with Crippen LogP contribution in [0.2, 0.25) is 0 Å². The number of rotatable bonds is 6. The van der Waals surface area contributed by atoms with Crippen LogP contribution in [0.1, 0.15) is 35.4 Å². The first-order valence-corrected chi connectivity index (χ1v) is 8.62. The third kappa shape index (κ3) is 5.89. The van der Waals surface area contributed by atoms with Crippen LogP contribution in [0.15, 0.2) is 47.1 Å². The molecule has 3 rings (SSSR count). The molecule has 1 aromatic heterocycles. The van der Waals surface area contributed by atoms with Gasteiger partial charge in [0, 0.05) is 18.7 Å². The van der Waals surface area contributed by atoms with E-state index >= 15 is 0 Å². The van der Waals surface area contributed by atoms with Crippen LogP contribution in [0.25, 0.3) is 0 Å². The predicted molar refractivity (Wildman–Crippen MR) is 102 cm³/mol. The fourth-order valence-corrected chi connectivity index (χ4v) is 2.93. The first-order valence-electron chi connectivity index (χ1n) is 8.62. The smallest absolute Gasteiger partial charge is 0.291 e. The minimum atomic E-state index is -0.284. The van der Waals surface area contributed by atoms with Gasteiger partial charge >= 0.3 is 0 Å². The van der Waals surface area contributed by atoms with Crippen molar-refractivity contribution in [2.45, 2.75) is 25.8 Å². The van der Waals surface area contributed by atoms with Crippen molar-refractivity contribution in [3.05, 3.63) is 54.0 Å². The molecule has 0 saturated carbocycles. The maximum absolute atomic E-state index is 12.0. The third-order valence-electron chi connectivity index (χ3n) is 4.38.